The highest BCUT2D eigenvalue weighted by atomic mass is 19.4. The van der Waals surface area contributed by atoms with Crippen molar-refractivity contribution in [1.29, 1.82) is 0 Å². The molecule has 3 N–H and O–H groups in total. The van der Waals surface area contributed by atoms with E-state index >= 15 is 0 Å². The Balaban J connectivity index is 1.82. The lowest BCUT2D eigenvalue weighted by atomic mass is 10.1. The van der Waals surface area contributed by atoms with Crippen LogP contribution in [-0.2, 0) is 11.0 Å². The molecule has 0 fully saturated rings. The SMILES string of the molecule is CN(C)CCNc1ccc(NC=C2C(=O)Nc3ccccc32)cc1C(F)(F)F. The van der Waals surface area contributed by atoms with Gasteiger partial charge in [0.2, 0.25) is 0 Å². The predicted molar refractivity (Wildman–Crippen MR) is 105 cm³/mol. The van der Waals surface area contributed by atoms with Crippen LogP contribution >= 0.6 is 0 Å². The third-order valence-corrected chi connectivity index (χ3v) is 4.29. The van der Waals surface area contributed by atoms with Gasteiger partial charge in [0.05, 0.1) is 11.1 Å². The molecule has 0 saturated heterocycles. The minimum atomic E-state index is -4.50. The molecule has 0 saturated carbocycles. The summed E-state index contributed by atoms with van der Waals surface area (Å²) in [5.74, 6) is -0.299. The van der Waals surface area contributed by atoms with E-state index in [9.17, 15) is 18.0 Å². The first-order chi connectivity index (χ1) is 13.3. The number of para-hydroxylation sites is 1. The van der Waals surface area contributed by atoms with E-state index in [4.69, 9.17) is 0 Å². The number of fused-ring (bicyclic) bond motifs is 1. The number of carbonyl (C=O) groups excluding carboxylic acids is 1. The predicted octanol–water partition coefficient (Wildman–Crippen LogP) is 4.08. The molecule has 28 heavy (non-hydrogen) atoms. The molecule has 0 aromatic heterocycles. The maximum absolute atomic E-state index is 13.5. The van der Waals surface area contributed by atoms with Crippen LogP contribution in [0.3, 0.4) is 0 Å². The van der Waals surface area contributed by atoms with Crippen LogP contribution < -0.4 is 16.0 Å². The van der Waals surface area contributed by atoms with Gasteiger partial charge in [0.25, 0.3) is 5.91 Å². The number of anilines is 3. The van der Waals surface area contributed by atoms with Crippen molar-refractivity contribution in [2.45, 2.75) is 6.18 Å². The molecule has 0 unspecified atom stereocenters. The molecule has 0 bridgehead atoms. The van der Waals surface area contributed by atoms with Crippen LogP contribution in [-0.4, -0.2) is 38.0 Å². The highest BCUT2D eigenvalue weighted by molar-refractivity contribution is 6.31. The third-order valence-electron chi connectivity index (χ3n) is 4.29. The fraction of sp³-hybridized carbons (Fsp3) is 0.250. The topological polar surface area (TPSA) is 56.4 Å². The first-order valence-corrected chi connectivity index (χ1v) is 8.73. The number of alkyl halides is 3. The molecular weight excluding hydrogens is 369 g/mol. The molecule has 0 atom stereocenters. The van der Waals surface area contributed by atoms with E-state index < -0.39 is 11.7 Å². The average molecular weight is 390 g/mol. The summed E-state index contributed by atoms with van der Waals surface area (Å²) in [4.78, 5) is 14.0. The Kier molecular flexibility index (Phi) is 5.60. The highest BCUT2D eigenvalue weighted by Gasteiger charge is 2.34. The van der Waals surface area contributed by atoms with Crippen LogP contribution in [0, 0.1) is 0 Å². The second-order valence-electron chi connectivity index (χ2n) is 6.69. The minimum absolute atomic E-state index is 0.0245. The van der Waals surface area contributed by atoms with Gasteiger partial charge in [-0.25, -0.2) is 0 Å². The first kappa shape index (κ1) is 19.8. The van der Waals surface area contributed by atoms with Crippen LogP contribution in [0.15, 0.2) is 48.7 Å². The molecule has 3 rings (SSSR count). The van der Waals surface area contributed by atoms with Crippen molar-refractivity contribution >= 4 is 28.5 Å². The molecule has 1 heterocycles. The van der Waals surface area contributed by atoms with E-state index in [1.165, 1.54) is 12.3 Å². The summed E-state index contributed by atoms with van der Waals surface area (Å²) in [7, 11) is 3.70. The largest absolute Gasteiger partial charge is 0.418 e. The number of nitrogens with zero attached hydrogens (tertiary/aromatic N) is 1. The van der Waals surface area contributed by atoms with Gasteiger partial charge in [-0.2, -0.15) is 13.2 Å². The number of likely N-dealkylation sites (N-methyl/N-ethyl adjacent to an activating group) is 1. The maximum atomic E-state index is 13.5. The standard InChI is InChI=1S/C20H21F3N4O/c1-27(2)10-9-24-18-8-7-13(11-16(18)20(21,22)23)25-12-15-14-5-3-4-6-17(14)26-19(15)28/h3-8,11-12,24-25H,9-10H2,1-2H3,(H,26,28). The Hall–Kier alpha value is -3.00. The molecule has 5 nitrogen and oxygen atoms in total. The van der Waals surface area contributed by atoms with Crippen molar-refractivity contribution in [1.82, 2.24) is 4.90 Å². The summed E-state index contributed by atoms with van der Waals surface area (Å²) in [6.45, 7) is 1.00. The molecular formula is C20H21F3N4O. The Morgan fingerprint density at radius 2 is 1.89 bits per heavy atom. The van der Waals surface area contributed by atoms with E-state index in [-0.39, 0.29) is 17.3 Å². The quantitative estimate of drug-likeness (QED) is 0.651. The van der Waals surface area contributed by atoms with Gasteiger partial charge in [-0.05, 0) is 38.4 Å². The third kappa shape index (κ3) is 4.45. The zero-order chi connectivity index (χ0) is 20.3. The summed E-state index contributed by atoms with van der Waals surface area (Å²) >= 11 is 0. The highest BCUT2D eigenvalue weighted by Crippen LogP contribution is 2.37. The molecule has 2 aromatic carbocycles. The monoisotopic (exact) mass is 390 g/mol. The second kappa shape index (κ2) is 7.93. The number of halogens is 3. The van der Waals surface area contributed by atoms with Crippen molar-refractivity contribution in [2.24, 2.45) is 0 Å². The molecule has 148 valence electrons. The van der Waals surface area contributed by atoms with Crippen molar-refractivity contribution < 1.29 is 18.0 Å². The van der Waals surface area contributed by atoms with Crippen LogP contribution in [0.2, 0.25) is 0 Å². The van der Waals surface area contributed by atoms with Crippen LogP contribution in [0.25, 0.3) is 5.57 Å². The Morgan fingerprint density at radius 3 is 2.61 bits per heavy atom. The number of amides is 1. The van der Waals surface area contributed by atoms with Crippen molar-refractivity contribution in [3.05, 3.63) is 59.8 Å². The second-order valence-corrected chi connectivity index (χ2v) is 6.69. The maximum Gasteiger partial charge on any atom is 0.418 e. The normalized spacial score (nSPS) is 14.9. The fourth-order valence-corrected chi connectivity index (χ4v) is 2.87. The minimum Gasteiger partial charge on any atom is -0.383 e. The average Bonchev–Trinajstić information content (AvgIpc) is 2.94. The molecule has 1 amide bonds. The van der Waals surface area contributed by atoms with Crippen LogP contribution in [0.5, 0.6) is 0 Å². The van der Waals surface area contributed by atoms with Crippen LogP contribution in [0.4, 0.5) is 30.2 Å². The van der Waals surface area contributed by atoms with Crippen molar-refractivity contribution in [3.8, 4) is 0 Å². The number of benzene rings is 2. The van der Waals surface area contributed by atoms with Crippen molar-refractivity contribution in [3.63, 3.8) is 0 Å². The smallest absolute Gasteiger partial charge is 0.383 e. The zero-order valence-corrected chi connectivity index (χ0v) is 15.5. The zero-order valence-electron chi connectivity index (χ0n) is 15.5. The van der Waals surface area contributed by atoms with E-state index in [0.29, 0.717) is 29.9 Å². The van der Waals surface area contributed by atoms with E-state index in [1.54, 1.807) is 30.3 Å². The van der Waals surface area contributed by atoms with E-state index in [1.807, 2.05) is 19.0 Å². The molecule has 8 heteroatoms. The van der Waals surface area contributed by atoms with Gasteiger partial charge in [-0.3, -0.25) is 4.79 Å². The van der Waals surface area contributed by atoms with Gasteiger partial charge in [0.1, 0.15) is 0 Å². The number of hydrogen-bond acceptors (Lipinski definition) is 4. The van der Waals surface area contributed by atoms with E-state index in [2.05, 4.69) is 16.0 Å². The lowest BCUT2D eigenvalue weighted by Crippen LogP contribution is -2.22. The van der Waals surface area contributed by atoms with Gasteiger partial charge >= 0.3 is 6.18 Å². The van der Waals surface area contributed by atoms with Gasteiger partial charge in [-0.1, -0.05) is 18.2 Å². The first-order valence-electron chi connectivity index (χ1n) is 8.73. The van der Waals surface area contributed by atoms with Gasteiger partial charge in [0.15, 0.2) is 0 Å². The van der Waals surface area contributed by atoms with Gasteiger partial charge < -0.3 is 20.9 Å². The molecule has 0 aliphatic carbocycles. The van der Waals surface area contributed by atoms with Crippen LogP contribution in [0.1, 0.15) is 11.1 Å². The Morgan fingerprint density at radius 1 is 1.14 bits per heavy atom. The summed E-state index contributed by atoms with van der Waals surface area (Å²) in [6.07, 6.45) is -3.07. The summed E-state index contributed by atoms with van der Waals surface area (Å²) < 4.78 is 40.4. The molecule has 0 spiro atoms. The van der Waals surface area contributed by atoms with Gasteiger partial charge in [-0.15, -0.1) is 0 Å². The molecule has 1 aliphatic heterocycles. The molecule has 0 radical (unpaired) electrons. The fourth-order valence-electron chi connectivity index (χ4n) is 2.87. The Labute approximate surface area is 161 Å². The summed E-state index contributed by atoms with van der Waals surface area (Å²) in [6, 6.07) is 11.1. The molecule has 2 aromatic rings. The number of hydrogen-bond donors (Lipinski definition) is 3. The lowest BCUT2D eigenvalue weighted by molar-refractivity contribution is -0.136. The molecule has 1 aliphatic rings. The number of nitrogens with one attached hydrogen (secondary N) is 3. The number of rotatable bonds is 6. The lowest BCUT2D eigenvalue weighted by Gasteiger charge is -2.17. The summed E-state index contributed by atoms with van der Waals surface area (Å²) in [5.41, 5.74) is 1.27. The van der Waals surface area contributed by atoms with Crippen molar-refractivity contribution in [2.75, 3.05) is 43.1 Å². The number of carbonyl (C=O) groups is 1. The van der Waals surface area contributed by atoms with E-state index in [0.717, 1.165) is 6.07 Å². The van der Waals surface area contributed by atoms with Gasteiger partial charge in [0, 0.05) is 41.9 Å². The Bertz CT molecular complexity index is 907. The summed E-state index contributed by atoms with van der Waals surface area (Å²) in [5, 5.41) is 8.36.